The van der Waals surface area contributed by atoms with Crippen molar-refractivity contribution in [2.24, 2.45) is 5.16 Å². The van der Waals surface area contributed by atoms with Gasteiger partial charge in [-0.05, 0) is 0 Å². The summed E-state index contributed by atoms with van der Waals surface area (Å²) < 4.78 is 0. The molecular weight excluding hydrogens is 490 g/mol. The first-order chi connectivity index (χ1) is 15.9. The van der Waals surface area contributed by atoms with Crippen LogP contribution in [0.3, 0.4) is 0 Å². The molecule has 4 rings (SSSR count). The number of β-lactam (4-membered cyclic amide) rings is 1. The molecule has 4 heterocycles. The Bertz CT molecular complexity index is 1150. The number of nitrogens with two attached hydrogens (primary N) is 1. The van der Waals surface area contributed by atoms with Gasteiger partial charge in [0.15, 0.2) is 10.8 Å². The molecule has 0 saturated carbocycles. The highest BCUT2D eigenvalue weighted by molar-refractivity contribution is 8.06. The number of nitrogens with one attached hydrogen (secondary N) is 1. The van der Waals surface area contributed by atoms with E-state index >= 15 is 0 Å². The zero-order valence-corrected chi connectivity index (χ0v) is 19.2. The van der Waals surface area contributed by atoms with Gasteiger partial charge < -0.3 is 21.4 Å². The lowest BCUT2D eigenvalue weighted by atomic mass is 10.0. The monoisotopic (exact) mass is 507 g/mol. The third-order valence-corrected chi connectivity index (χ3v) is 7.98. The van der Waals surface area contributed by atoms with Gasteiger partial charge in [0.2, 0.25) is 0 Å². The van der Waals surface area contributed by atoms with Crippen LogP contribution in [0.4, 0.5) is 5.13 Å². The van der Waals surface area contributed by atoms with Crippen LogP contribution in [0.1, 0.15) is 11.4 Å². The Morgan fingerprint density at radius 1 is 1.39 bits per heavy atom. The molecule has 1 saturated heterocycles. The first-order valence-corrected chi connectivity index (χ1v) is 12.3. The summed E-state index contributed by atoms with van der Waals surface area (Å²) in [6.07, 6.45) is 5.41. The fourth-order valence-corrected chi connectivity index (χ4v) is 6.42. The van der Waals surface area contributed by atoms with E-state index in [9.17, 15) is 24.7 Å². The number of thiazole rings is 1. The molecule has 2 aromatic rings. The highest BCUT2D eigenvalue weighted by Gasteiger charge is 2.54. The maximum atomic E-state index is 12.8. The van der Waals surface area contributed by atoms with Crippen molar-refractivity contribution in [2.75, 3.05) is 17.2 Å². The maximum Gasteiger partial charge on any atom is 0.353 e. The van der Waals surface area contributed by atoms with Crippen LogP contribution in [0.5, 0.6) is 0 Å². The predicted octanol–water partition coefficient (Wildman–Crippen LogP) is 0.366. The summed E-state index contributed by atoms with van der Waals surface area (Å²) >= 11 is 3.76. The Kier molecular flexibility index (Phi) is 6.80. The highest BCUT2D eigenvalue weighted by atomic mass is 32.2. The van der Waals surface area contributed by atoms with Crippen LogP contribution in [0.25, 0.3) is 0 Å². The minimum Gasteiger partial charge on any atom is -0.477 e. The van der Waals surface area contributed by atoms with Crippen LogP contribution >= 0.6 is 34.9 Å². The van der Waals surface area contributed by atoms with Gasteiger partial charge in [-0.3, -0.25) is 24.5 Å². The number of carbonyl (C=O) groups excluding carboxylic acids is 2. The second-order valence-corrected chi connectivity index (χ2v) is 9.94. The number of nitrogens with zero attached hydrogens (tertiary/aromatic N) is 5. The van der Waals surface area contributed by atoms with Gasteiger partial charge in [-0.2, -0.15) is 0 Å². The number of aryl methyl sites for hydroxylation is 1. The van der Waals surface area contributed by atoms with Gasteiger partial charge in [0.25, 0.3) is 11.8 Å². The van der Waals surface area contributed by atoms with Gasteiger partial charge in [-0.15, -0.1) is 34.9 Å². The van der Waals surface area contributed by atoms with E-state index in [1.165, 1.54) is 33.8 Å². The molecule has 0 aromatic carbocycles. The van der Waals surface area contributed by atoms with E-state index in [1.807, 2.05) is 0 Å². The zero-order valence-electron chi connectivity index (χ0n) is 16.7. The Morgan fingerprint density at radius 3 is 2.85 bits per heavy atom. The second-order valence-electron chi connectivity index (χ2n) is 6.75. The quantitative estimate of drug-likeness (QED) is 0.167. The Labute approximate surface area is 199 Å². The van der Waals surface area contributed by atoms with Crippen molar-refractivity contribution in [2.45, 2.75) is 17.8 Å². The zero-order chi connectivity index (χ0) is 23.5. The number of aliphatic carboxylic acids is 1. The number of amides is 2. The Balaban J connectivity index is 1.44. The van der Waals surface area contributed by atoms with Crippen molar-refractivity contribution in [3.63, 3.8) is 0 Å². The minimum atomic E-state index is -1.21. The number of fused-ring (bicyclic) bond motifs is 1. The van der Waals surface area contributed by atoms with Crippen LogP contribution in [0, 0.1) is 0 Å². The number of hydrogen-bond acceptors (Lipinski definition) is 12. The molecule has 0 spiro atoms. The lowest BCUT2D eigenvalue weighted by molar-refractivity contribution is -0.150. The lowest BCUT2D eigenvalue weighted by Crippen LogP contribution is -2.71. The van der Waals surface area contributed by atoms with E-state index in [4.69, 9.17) is 5.73 Å². The summed E-state index contributed by atoms with van der Waals surface area (Å²) in [4.78, 5) is 51.1. The van der Waals surface area contributed by atoms with Gasteiger partial charge in [0.1, 0.15) is 22.8 Å². The molecule has 172 valence electrons. The van der Waals surface area contributed by atoms with Crippen LogP contribution in [-0.2, 0) is 20.8 Å². The van der Waals surface area contributed by atoms with Crippen LogP contribution < -0.4 is 11.1 Å². The van der Waals surface area contributed by atoms with Gasteiger partial charge >= 0.3 is 5.97 Å². The standard InChI is InChI=1S/C18H17N7O5S3/c19-18-22-9(6-33-18)11(24-30)14(26)23-12-15(27)25-13(17(28)29)10(7-32-16(12)25)31-4-1-8-5-20-2-3-21-8/h2-3,5-6,12,16,30H,1,4,7H2,(H2,19,22)(H,23,26)(H,28,29)/b24-11-/t12-,16-/m1/s1. The summed E-state index contributed by atoms with van der Waals surface area (Å²) in [6.45, 7) is 0. The van der Waals surface area contributed by atoms with Crippen molar-refractivity contribution in [1.29, 1.82) is 0 Å². The molecule has 2 amide bonds. The van der Waals surface area contributed by atoms with E-state index in [2.05, 4.69) is 25.4 Å². The van der Waals surface area contributed by atoms with Gasteiger partial charge in [0.05, 0.1) is 5.69 Å². The van der Waals surface area contributed by atoms with E-state index in [0.29, 0.717) is 22.8 Å². The number of carboxylic acid groups (broad SMARTS) is 1. The van der Waals surface area contributed by atoms with E-state index in [1.54, 1.807) is 18.6 Å². The molecule has 5 N–H and O–H groups in total. The number of oxime groups is 1. The predicted molar refractivity (Wildman–Crippen MR) is 123 cm³/mol. The third-order valence-electron chi connectivity index (χ3n) is 4.75. The molecule has 1 fully saturated rings. The number of aromatic nitrogens is 3. The molecule has 12 nitrogen and oxygen atoms in total. The van der Waals surface area contributed by atoms with E-state index in [-0.39, 0.29) is 22.2 Å². The maximum absolute atomic E-state index is 12.8. The molecule has 0 aliphatic carbocycles. The van der Waals surface area contributed by atoms with Gasteiger partial charge in [-0.25, -0.2) is 9.78 Å². The molecule has 2 aliphatic heterocycles. The van der Waals surface area contributed by atoms with Crippen molar-refractivity contribution < 1.29 is 24.7 Å². The summed E-state index contributed by atoms with van der Waals surface area (Å²) in [7, 11) is 0. The molecule has 2 aromatic heterocycles. The van der Waals surface area contributed by atoms with E-state index < -0.39 is 29.2 Å². The number of rotatable bonds is 8. The van der Waals surface area contributed by atoms with Crippen LogP contribution in [-0.4, -0.2) is 76.6 Å². The Hall–Kier alpha value is -3.17. The van der Waals surface area contributed by atoms with Gasteiger partial charge in [-0.1, -0.05) is 5.16 Å². The average Bonchev–Trinajstić information content (AvgIpc) is 3.23. The SMILES string of the molecule is Nc1nc(/C(=N/O)C(=O)N[C@@H]2C(=O)N3C(C(=O)O)=C(SCCc4cnccn4)CS[C@H]23)cs1. The van der Waals surface area contributed by atoms with Crippen LogP contribution in [0.15, 0.2) is 39.7 Å². The smallest absolute Gasteiger partial charge is 0.353 e. The molecule has 0 unspecified atom stereocenters. The highest BCUT2D eigenvalue weighted by Crippen LogP contribution is 2.43. The van der Waals surface area contributed by atoms with Crippen molar-refractivity contribution >= 4 is 63.5 Å². The fraction of sp³-hybridized carbons (Fsp3) is 0.278. The van der Waals surface area contributed by atoms with Crippen molar-refractivity contribution in [1.82, 2.24) is 25.2 Å². The minimum absolute atomic E-state index is 0.0744. The fourth-order valence-electron chi connectivity index (χ4n) is 3.26. The number of hydrogen-bond donors (Lipinski definition) is 4. The first-order valence-electron chi connectivity index (χ1n) is 9.43. The normalized spacial score (nSPS) is 20.3. The first kappa shape index (κ1) is 23.0. The summed E-state index contributed by atoms with van der Waals surface area (Å²) in [5.74, 6) is -1.63. The topological polar surface area (TPSA) is 184 Å². The second kappa shape index (κ2) is 9.76. The molecule has 33 heavy (non-hydrogen) atoms. The van der Waals surface area contributed by atoms with Crippen molar-refractivity contribution in [3.05, 3.63) is 46.0 Å². The lowest BCUT2D eigenvalue weighted by Gasteiger charge is -2.49. The average molecular weight is 508 g/mol. The number of anilines is 1. The molecule has 2 aliphatic rings. The number of nitrogen functional groups attached to an aromatic ring is 1. The number of thioether (sulfide) groups is 2. The van der Waals surface area contributed by atoms with Crippen molar-refractivity contribution in [3.8, 4) is 0 Å². The number of carboxylic acids is 1. The molecular formula is C18H17N7O5S3. The molecule has 0 bridgehead atoms. The summed E-state index contributed by atoms with van der Waals surface area (Å²) in [6, 6.07) is -0.962. The molecule has 2 atom stereocenters. The summed E-state index contributed by atoms with van der Waals surface area (Å²) in [5, 5.41) is 25.5. The third kappa shape index (κ3) is 4.65. The molecule has 15 heteroatoms. The molecule has 0 radical (unpaired) electrons. The van der Waals surface area contributed by atoms with E-state index in [0.717, 1.165) is 17.0 Å². The van der Waals surface area contributed by atoms with Crippen LogP contribution in [0.2, 0.25) is 0 Å². The largest absolute Gasteiger partial charge is 0.477 e. The number of carbonyl (C=O) groups is 3. The Morgan fingerprint density at radius 2 is 2.21 bits per heavy atom. The summed E-state index contributed by atoms with van der Waals surface area (Å²) in [5.41, 5.74) is 5.94. The van der Waals surface area contributed by atoms with Gasteiger partial charge in [0, 0.05) is 46.8 Å².